The summed E-state index contributed by atoms with van der Waals surface area (Å²) in [5, 5.41) is 11.8. The maximum absolute atomic E-state index is 13.1. The van der Waals surface area contributed by atoms with Gasteiger partial charge in [-0.3, -0.25) is 4.79 Å². The molecule has 0 unspecified atom stereocenters. The van der Waals surface area contributed by atoms with Crippen LogP contribution >= 0.6 is 0 Å². The van der Waals surface area contributed by atoms with Gasteiger partial charge < -0.3 is 20.1 Å². The molecule has 1 aromatic heterocycles. The molecule has 3 rings (SSSR count). The number of nitrogens with one attached hydrogen (secondary N) is 1. The zero-order valence-corrected chi connectivity index (χ0v) is 13.4. The molecule has 0 saturated carbocycles. The molecule has 3 heterocycles. The van der Waals surface area contributed by atoms with Gasteiger partial charge in [0.15, 0.2) is 0 Å². The van der Waals surface area contributed by atoms with Crippen LogP contribution in [-0.4, -0.2) is 46.1 Å². The molecule has 2 aliphatic rings. The van der Waals surface area contributed by atoms with Crippen molar-refractivity contribution in [2.75, 3.05) is 18.0 Å². The molecule has 0 aliphatic carbocycles. The number of carbonyl (C=O) groups is 2. The van der Waals surface area contributed by atoms with E-state index in [-0.39, 0.29) is 24.0 Å². The number of carbonyl (C=O) groups excluding carboxylic acids is 1. The summed E-state index contributed by atoms with van der Waals surface area (Å²) in [6.07, 6.45) is -2.57. The van der Waals surface area contributed by atoms with Crippen molar-refractivity contribution in [1.29, 1.82) is 0 Å². The number of carboxylic acid groups (broad SMARTS) is 1. The molecular weight excluding hydrogens is 357 g/mol. The quantitative estimate of drug-likeness (QED) is 0.822. The number of amides is 1. The van der Waals surface area contributed by atoms with Crippen molar-refractivity contribution in [1.82, 2.24) is 15.3 Å². The predicted octanol–water partition coefficient (Wildman–Crippen LogP) is 1.33. The minimum absolute atomic E-state index is 0.169. The van der Waals surface area contributed by atoms with E-state index in [1.807, 2.05) is 0 Å². The zero-order chi connectivity index (χ0) is 18.9. The fourth-order valence-electron chi connectivity index (χ4n) is 2.83. The van der Waals surface area contributed by atoms with E-state index < -0.39 is 29.9 Å². The first-order valence-electron chi connectivity index (χ1n) is 7.86. The first-order chi connectivity index (χ1) is 12.2. The molecule has 0 bridgehead atoms. The Kier molecular flexibility index (Phi) is 4.70. The number of carboxylic acids is 1. The third-order valence-electron chi connectivity index (χ3n) is 3.97. The van der Waals surface area contributed by atoms with Gasteiger partial charge in [-0.2, -0.15) is 18.2 Å². The maximum Gasteiger partial charge on any atom is 0.451 e. The first kappa shape index (κ1) is 18.0. The van der Waals surface area contributed by atoms with Gasteiger partial charge in [-0.1, -0.05) is 0 Å². The monoisotopic (exact) mass is 372 g/mol. The van der Waals surface area contributed by atoms with Crippen LogP contribution in [0, 0.1) is 0 Å². The summed E-state index contributed by atoms with van der Waals surface area (Å²) in [6, 6.07) is 0.197. The second-order valence-electron chi connectivity index (χ2n) is 5.83. The lowest BCUT2D eigenvalue weighted by molar-refractivity contribution is -0.145. The molecule has 0 radical (unpaired) electrons. The smallest absolute Gasteiger partial charge is 0.451 e. The number of rotatable bonds is 4. The van der Waals surface area contributed by atoms with Gasteiger partial charge in [0.2, 0.25) is 17.6 Å². The van der Waals surface area contributed by atoms with E-state index in [2.05, 4.69) is 15.3 Å². The van der Waals surface area contributed by atoms with E-state index in [1.54, 1.807) is 0 Å². The van der Waals surface area contributed by atoms with Crippen LogP contribution in [0.1, 0.15) is 25.1 Å². The molecule has 2 N–H and O–H groups in total. The van der Waals surface area contributed by atoms with E-state index in [0.717, 1.165) is 12.1 Å². The SMILES string of the molecule is O=C1C=C(Oc2cc(N3CCC[C@H]3C(=O)O)nc(C(F)(F)F)n2)CCN1. The van der Waals surface area contributed by atoms with Crippen LogP contribution in [0.3, 0.4) is 0 Å². The van der Waals surface area contributed by atoms with Gasteiger partial charge in [0.05, 0.1) is 0 Å². The Hall–Kier alpha value is -2.85. The Morgan fingerprint density at radius 1 is 1.38 bits per heavy atom. The third kappa shape index (κ3) is 3.86. The van der Waals surface area contributed by atoms with Crippen molar-refractivity contribution in [2.45, 2.75) is 31.5 Å². The Balaban J connectivity index is 1.97. The van der Waals surface area contributed by atoms with Crippen LogP contribution < -0.4 is 15.0 Å². The number of hydrogen-bond acceptors (Lipinski definition) is 6. The van der Waals surface area contributed by atoms with E-state index in [0.29, 0.717) is 25.8 Å². The van der Waals surface area contributed by atoms with Crippen molar-refractivity contribution >= 4 is 17.7 Å². The summed E-state index contributed by atoms with van der Waals surface area (Å²) in [7, 11) is 0. The number of anilines is 1. The van der Waals surface area contributed by atoms with Crippen molar-refractivity contribution in [3.8, 4) is 5.88 Å². The van der Waals surface area contributed by atoms with Gasteiger partial charge in [-0.25, -0.2) is 9.78 Å². The van der Waals surface area contributed by atoms with Gasteiger partial charge in [0.25, 0.3) is 0 Å². The molecule has 1 aromatic rings. The fourth-order valence-corrected chi connectivity index (χ4v) is 2.83. The minimum atomic E-state index is -4.83. The molecule has 1 atom stereocenters. The summed E-state index contributed by atoms with van der Waals surface area (Å²) < 4.78 is 44.7. The Labute approximate surface area is 145 Å². The molecule has 1 amide bonds. The van der Waals surface area contributed by atoms with Crippen molar-refractivity contribution < 1.29 is 32.6 Å². The van der Waals surface area contributed by atoms with E-state index >= 15 is 0 Å². The van der Waals surface area contributed by atoms with E-state index in [1.165, 1.54) is 4.90 Å². The summed E-state index contributed by atoms with van der Waals surface area (Å²) in [5.41, 5.74) is 0. The zero-order valence-electron chi connectivity index (χ0n) is 13.4. The Bertz CT molecular complexity index is 766. The van der Waals surface area contributed by atoms with Gasteiger partial charge in [-0.15, -0.1) is 0 Å². The number of nitrogens with zero attached hydrogens (tertiary/aromatic N) is 3. The highest BCUT2D eigenvalue weighted by molar-refractivity contribution is 5.88. The lowest BCUT2D eigenvalue weighted by atomic mass is 10.2. The molecule has 1 fully saturated rings. The van der Waals surface area contributed by atoms with Crippen molar-refractivity contribution in [2.24, 2.45) is 0 Å². The van der Waals surface area contributed by atoms with E-state index in [4.69, 9.17) is 4.74 Å². The number of halogens is 3. The molecule has 26 heavy (non-hydrogen) atoms. The Morgan fingerprint density at radius 3 is 2.81 bits per heavy atom. The molecule has 2 aliphatic heterocycles. The van der Waals surface area contributed by atoms with Crippen molar-refractivity contribution in [3.05, 3.63) is 23.7 Å². The lowest BCUT2D eigenvalue weighted by Crippen LogP contribution is -2.37. The first-order valence-corrected chi connectivity index (χ1v) is 7.86. The summed E-state index contributed by atoms with van der Waals surface area (Å²) >= 11 is 0. The van der Waals surface area contributed by atoms with Gasteiger partial charge >= 0.3 is 12.1 Å². The molecule has 0 spiro atoms. The number of alkyl halides is 3. The molecule has 11 heteroatoms. The van der Waals surface area contributed by atoms with Gasteiger partial charge in [0, 0.05) is 31.7 Å². The predicted molar refractivity (Wildman–Crippen MR) is 81.4 cm³/mol. The van der Waals surface area contributed by atoms with E-state index in [9.17, 15) is 27.9 Å². The van der Waals surface area contributed by atoms with Gasteiger partial charge in [-0.05, 0) is 12.8 Å². The normalized spacial score (nSPS) is 20.6. The number of aliphatic carboxylic acids is 1. The summed E-state index contributed by atoms with van der Waals surface area (Å²) in [4.78, 5) is 30.8. The Morgan fingerprint density at radius 2 is 2.15 bits per heavy atom. The largest absolute Gasteiger partial charge is 0.480 e. The average molecular weight is 372 g/mol. The topological polar surface area (TPSA) is 105 Å². The highest BCUT2D eigenvalue weighted by atomic mass is 19.4. The second-order valence-corrected chi connectivity index (χ2v) is 5.83. The van der Waals surface area contributed by atoms with Crippen molar-refractivity contribution in [3.63, 3.8) is 0 Å². The highest BCUT2D eigenvalue weighted by Gasteiger charge is 2.38. The lowest BCUT2D eigenvalue weighted by Gasteiger charge is -2.24. The second kappa shape index (κ2) is 6.81. The number of ether oxygens (including phenoxy) is 1. The maximum atomic E-state index is 13.1. The van der Waals surface area contributed by atoms with Crippen LogP contribution in [0.2, 0.25) is 0 Å². The number of hydrogen-bond donors (Lipinski definition) is 2. The average Bonchev–Trinajstić information content (AvgIpc) is 3.03. The molecule has 0 aromatic carbocycles. The molecular formula is C15H15F3N4O4. The van der Waals surface area contributed by atoms with Crippen LogP contribution in [0.4, 0.5) is 19.0 Å². The molecule has 8 nitrogen and oxygen atoms in total. The molecule has 1 saturated heterocycles. The van der Waals surface area contributed by atoms with Crippen LogP contribution in [-0.2, 0) is 15.8 Å². The summed E-state index contributed by atoms with van der Waals surface area (Å²) in [5.74, 6) is -3.37. The number of aromatic nitrogens is 2. The third-order valence-corrected chi connectivity index (χ3v) is 3.97. The standard InChI is InChI=1S/C15H15F3N4O4/c16-15(17,18)14-20-10(22-5-1-2-9(22)13(24)25)7-12(21-14)26-8-3-4-19-11(23)6-8/h6-7,9H,1-5H2,(H,19,23)(H,24,25)/t9-/m0/s1. The van der Waals surface area contributed by atoms with Crippen LogP contribution in [0.15, 0.2) is 17.9 Å². The van der Waals surface area contributed by atoms with Crippen LogP contribution in [0.5, 0.6) is 5.88 Å². The highest BCUT2D eigenvalue weighted by Crippen LogP contribution is 2.33. The summed E-state index contributed by atoms with van der Waals surface area (Å²) in [6.45, 7) is 0.553. The minimum Gasteiger partial charge on any atom is -0.480 e. The molecule has 140 valence electrons. The van der Waals surface area contributed by atoms with Gasteiger partial charge in [0.1, 0.15) is 17.6 Å². The fraction of sp³-hybridized carbons (Fsp3) is 0.467. The van der Waals surface area contributed by atoms with Crippen LogP contribution in [0.25, 0.3) is 0 Å².